The summed E-state index contributed by atoms with van der Waals surface area (Å²) in [6.45, 7) is 14.9. The van der Waals surface area contributed by atoms with Gasteiger partial charge in [-0.15, -0.1) is 0 Å². The number of hydrogen-bond acceptors (Lipinski definition) is 1. The van der Waals surface area contributed by atoms with E-state index in [2.05, 4.69) is 6.58 Å². The fourth-order valence-electron chi connectivity index (χ4n) is 0.597. The Labute approximate surface area is 101 Å². The number of rotatable bonds is 3. The van der Waals surface area contributed by atoms with E-state index in [4.69, 9.17) is 0 Å². The molecule has 0 amide bonds. The average molecular weight is 222 g/mol. The van der Waals surface area contributed by atoms with Crippen LogP contribution in [0.2, 0.25) is 0 Å². The van der Waals surface area contributed by atoms with E-state index >= 15 is 0 Å². The van der Waals surface area contributed by atoms with Crippen LogP contribution in [0.15, 0.2) is 48.6 Å². The molecule has 0 saturated carbocycles. The molecule has 0 spiro atoms. The molecule has 92 valence electrons. The maximum absolute atomic E-state index is 10.8. The van der Waals surface area contributed by atoms with Crippen molar-refractivity contribution in [2.75, 3.05) is 0 Å². The Kier molecular flexibility index (Phi) is 24.2. The first-order chi connectivity index (χ1) is 7.63. The van der Waals surface area contributed by atoms with E-state index < -0.39 is 0 Å². The third-order valence-corrected chi connectivity index (χ3v) is 1.38. The van der Waals surface area contributed by atoms with Gasteiger partial charge in [0, 0.05) is 5.57 Å². The summed E-state index contributed by atoms with van der Waals surface area (Å²) in [6.07, 6.45) is 10.9. The lowest BCUT2D eigenvalue weighted by molar-refractivity contribution is -0.113. The molecule has 1 heteroatoms. The van der Waals surface area contributed by atoms with Crippen LogP contribution < -0.4 is 0 Å². The highest BCUT2D eigenvalue weighted by molar-refractivity contribution is 5.96. The fourth-order valence-corrected chi connectivity index (χ4v) is 0.597. The van der Waals surface area contributed by atoms with E-state index in [1.165, 1.54) is 6.92 Å². The zero-order valence-electron chi connectivity index (χ0n) is 11.6. The Morgan fingerprint density at radius 3 is 1.62 bits per heavy atom. The van der Waals surface area contributed by atoms with E-state index in [1.807, 2.05) is 52.8 Å². The molecule has 0 aromatic heterocycles. The quantitative estimate of drug-likeness (QED) is 0.378. The van der Waals surface area contributed by atoms with E-state index in [0.717, 1.165) is 0 Å². The SMILES string of the molecule is C/C=C\C.C=C/C=C(\C=C/C)C(C)=O.CC. The zero-order valence-corrected chi connectivity index (χ0v) is 11.6. The van der Waals surface area contributed by atoms with E-state index in [9.17, 15) is 4.79 Å². The van der Waals surface area contributed by atoms with Crippen molar-refractivity contribution in [3.05, 3.63) is 48.6 Å². The second kappa shape index (κ2) is 19.2. The Balaban J connectivity index is -0.000000237. The number of Topliss-reactive ketones (excluding diaryl/α,β-unsaturated/α-hetero) is 1. The van der Waals surface area contributed by atoms with Gasteiger partial charge in [0.2, 0.25) is 0 Å². The molecule has 16 heavy (non-hydrogen) atoms. The van der Waals surface area contributed by atoms with Crippen LogP contribution in [-0.2, 0) is 4.79 Å². The van der Waals surface area contributed by atoms with Crippen LogP contribution in [0.3, 0.4) is 0 Å². The van der Waals surface area contributed by atoms with Gasteiger partial charge in [0.25, 0.3) is 0 Å². The highest BCUT2D eigenvalue weighted by Gasteiger charge is 1.94. The first-order valence-electron chi connectivity index (χ1n) is 5.67. The summed E-state index contributed by atoms with van der Waals surface area (Å²) in [4.78, 5) is 10.8. The summed E-state index contributed by atoms with van der Waals surface area (Å²) in [5.41, 5.74) is 0.692. The van der Waals surface area contributed by atoms with Crippen LogP contribution in [-0.4, -0.2) is 5.78 Å². The number of allylic oxidation sites excluding steroid dienone is 7. The normalized spacial score (nSPS) is 10.2. The Morgan fingerprint density at radius 2 is 1.44 bits per heavy atom. The lowest BCUT2D eigenvalue weighted by Crippen LogP contribution is -1.91. The predicted octanol–water partition coefficient (Wildman–Crippen LogP) is 4.87. The Hall–Kier alpha value is -1.37. The van der Waals surface area contributed by atoms with Gasteiger partial charge in [0.1, 0.15) is 0 Å². The van der Waals surface area contributed by atoms with Crippen LogP contribution >= 0.6 is 0 Å². The van der Waals surface area contributed by atoms with Crippen LogP contribution in [0.25, 0.3) is 0 Å². The molecule has 0 unspecified atom stereocenters. The second-order valence-electron chi connectivity index (χ2n) is 2.58. The Morgan fingerprint density at radius 1 is 1.00 bits per heavy atom. The molecule has 0 fully saturated rings. The third kappa shape index (κ3) is 18.4. The molecule has 0 aliphatic carbocycles. The van der Waals surface area contributed by atoms with Gasteiger partial charge in [-0.05, 0) is 27.7 Å². The number of ketones is 1. The molecule has 0 saturated heterocycles. The van der Waals surface area contributed by atoms with Gasteiger partial charge < -0.3 is 0 Å². The predicted molar refractivity (Wildman–Crippen MR) is 75.6 cm³/mol. The van der Waals surface area contributed by atoms with E-state index in [0.29, 0.717) is 5.57 Å². The molecule has 0 aliphatic heterocycles. The van der Waals surface area contributed by atoms with Gasteiger partial charge >= 0.3 is 0 Å². The molecular weight excluding hydrogens is 196 g/mol. The minimum atomic E-state index is 0.0676. The number of hydrogen-bond donors (Lipinski definition) is 0. The molecule has 0 aromatic carbocycles. The van der Waals surface area contributed by atoms with E-state index in [-0.39, 0.29) is 5.78 Å². The molecule has 0 heterocycles. The molecule has 0 atom stereocenters. The van der Waals surface area contributed by atoms with Gasteiger partial charge in [0.15, 0.2) is 5.78 Å². The molecule has 0 bridgehead atoms. The van der Waals surface area contributed by atoms with Crippen LogP contribution in [0, 0.1) is 0 Å². The van der Waals surface area contributed by atoms with E-state index in [1.54, 1.807) is 18.2 Å². The molecule has 0 N–H and O–H groups in total. The van der Waals surface area contributed by atoms with Gasteiger partial charge in [-0.25, -0.2) is 0 Å². The van der Waals surface area contributed by atoms with Crippen LogP contribution in [0.4, 0.5) is 0 Å². The smallest absolute Gasteiger partial charge is 0.159 e. The molecule has 0 rings (SSSR count). The van der Waals surface area contributed by atoms with Crippen molar-refractivity contribution in [3.63, 3.8) is 0 Å². The van der Waals surface area contributed by atoms with Crippen molar-refractivity contribution < 1.29 is 4.79 Å². The summed E-state index contributed by atoms with van der Waals surface area (Å²) >= 11 is 0. The van der Waals surface area contributed by atoms with Crippen molar-refractivity contribution >= 4 is 5.78 Å². The highest BCUT2D eigenvalue weighted by Crippen LogP contribution is 1.98. The summed E-state index contributed by atoms with van der Waals surface area (Å²) < 4.78 is 0. The van der Waals surface area contributed by atoms with Crippen LogP contribution in [0.1, 0.15) is 41.5 Å². The van der Waals surface area contributed by atoms with Gasteiger partial charge in [-0.3, -0.25) is 4.79 Å². The first kappa shape index (κ1) is 20.1. The zero-order chi connectivity index (χ0) is 13.4. The lowest BCUT2D eigenvalue weighted by atomic mass is 10.1. The second-order valence-corrected chi connectivity index (χ2v) is 2.58. The maximum atomic E-state index is 10.8. The lowest BCUT2D eigenvalue weighted by Gasteiger charge is -1.90. The minimum Gasteiger partial charge on any atom is -0.295 e. The molecule has 0 aromatic rings. The number of carbonyl (C=O) groups excluding carboxylic acids is 1. The summed E-state index contributed by atoms with van der Waals surface area (Å²) in [5, 5.41) is 0. The van der Waals surface area contributed by atoms with Gasteiger partial charge in [-0.2, -0.15) is 0 Å². The highest BCUT2D eigenvalue weighted by atomic mass is 16.1. The molecule has 0 radical (unpaired) electrons. The monoisotopic (exact) mass is 222 g/mol. The molecule has 1 nitrogen and oxygen atoms in total. The fraction of sp³-hybridized carbons (Fsp3) is 0.400. The molecular formula is C15H26O. The minimum absolute atomic E-state index is 0.0676. The standard InChI is InChI=1S/C9H12O.C4H8.C2H6/c1-4-6-9(7-5-2)8(3)10;1-3-4-2;1-2/h4-7H,1H2,2-3H3;3-4H,1-2H3;1-2H3/b7-5-,9-6+;4-3-;. The van der Waals surface area contributed by atoms with Gasteiger partial charge in [0.05, 0.1) is 0 Å². The maximum Gasteiger partial charge on any atom is 0.159 e. The molecule has 0 aliphatic rings. The number of carbonyl (C=O) groups is 1. The average Bonchev–Trinajstić information content (AvgIpc) is 2.31. The van der Waals surface area contributed by atoms with Crippen molar-refractivity contribution in [2.24, 2.45) is 0 Å². The Bertz CT molecular complexity index is 238. The van der Waals surface area contributed by atoms with Crippen molar-refractivity contribution in [2.45, 2.75) is 41.5 Å². The largest absolute Gasteiger partial charge is 0.295 e. The van der Waals surface area contributed by atoms with Gasteiger partial charge in [-0.1, -0.05) is 56.9 Å². The van der Waals surface area contributed by atoms with Crippen molar-refractivity contribution in [3.8, 4) is 0 Å². The summed E-state index contributed by atoms with van der Waals surface area (Å²) in [6, 6.07) is 0. The summed E-state index contributed by atoms with van der Waals surface area (Å²) in [5.74, 6) is 0.0676. The third-order valence-electron chi connectivity index (χ3n) is 1.38. The van der Waals surface area contributed by atoms with Crippen molar-refractivity contribution in [1.29, 1.82) is 0 Å². The topological polar surface area (TPSA) is 17.1 Å². The van der Waals surface area contributed by atoms with Crippen LogP contribution in [0.5, 0.6) is 0 Å². The first-order valence-corrected chi connectivity index (χ1v) is 5.67. The van der Waals surface area contributed by atoms with Crippen molar-refractivity contribution in [1.82, 2.24) is 0 Å². The summed E-state index contributed by atoms with van der Waals surface area (Å²) in [7, 11) is 0.